The molecule has 2 rings (SSSR count). The van der Waals surface area contributed by atoms with Gasteiger partial charge in [0.2, 0.25) is 0 Å². The van der Waals surface area contributed by atoms with Crippen LogP contribution in [0.5, 0.6) is 0 Å². The molecule has 2 fully saturated rings. The van der Waals surface area contributed by atoms with Gasteiger partial charge in [-0.25, -0.2) is 0 Å². The summed E-state index contributed by atoms with van der Waals surface area (Å²) in [5, 5.41) is 13.9. The Labute approximate surface area is 112 Å². The van der Waals surface area contributed by atoms with E-state index in [9.17, 15) is 5.11 Å². The molecule has 106 valence electrons. The third-order valence-corrected chi connectivity index (χ3v) is 4.81. The fraction of sp³-hybridized carbons (Fsp3) is 1.00. The first kappa shape index (κ1) is 14.3. The lowest BCUT2D eigenvalue weighted by Gasteiger charge is -2.33. The Morgan fingerprint density at radius 1 is 1.17 bits per heavy atom. The molecule has 3 heteroatoms. The summed E-state index contributed by atoms with van der Waals surface area (Å²) < 4.78 is 0. The van der Waals surface area contributed by atoms with Crippen molar-refractivity contribution < 1.29 is 5.11 Å². The Balaban J connectivity index is 1.55. The topological polar surface area (TPSA) is 35.5 Å². The van der Waals surface area contributed by atoms with E-state index in [1.54, 1.807) is 0 Å². The number of likely N-dealkylation sites (tertiary alicyclic amines) is 1. The van der Waals surface area contributed by atoms with Crippen LogP contribution in [0.2, 0.25) is 0 Å². The molecule has 0 unspecified atom stereocenters. The smallest absolute Gasteiger partial charge is 0.0771 e. The van der Waals surface area contributed by atoms with Crippen molar-refractivity contribution in [2.45, 2.75) is 57.0 Å². The van der Waals surface area contributed by atoms with E-state index in [-0.39, 0.29) is 0 Å². The van der Waals surface area contributed by atoms with Gasteiger partial charge in [-0.2, -0.15) is 0 Å². The number of nitrogens with zero attached hydrogens (tertiary/aromatic N) is 1. The van der Waals surface area contributed by atoms with Crippen molar-refractivity contribution in [1.29, 1.82) is 0 Å². The summed E-state index contributed by atoms with van der Waals surface area (Å²) in [6.45, 7) is 4.40. The zero-order valence-corrected chi connectivity index (χ0v) is 12.0. The second kappa shape index (κ2) is 6.88. The standard InChI is InChI=1S/C15H30N2O/c1-17-11-6-14(7-12-17)5-10-16-13-15(18)8-3-2-4-9-15/h14,16,18H,2-13H2,1H3. The largest absolute Gasteiger partial charge is 0.389 e. The first-order valence-corrected chi connectivity index (χ1v) is 7.80. The summed E-state index contributed by atoms with van der Waals surface area (Å²) in [5.74, 6) is 0.898. The number of piperidine rings is 1. The van der Waals surface area contributed by atoms with E-state index in [1.165, 1.54) is 51.6 Å². The molecule has 0 spiro atoms. The second-order valence-corrected chi connectivity index (χ2v) is 6.50. The third-order valence-electron chi connectivity index (χ3n) is 4.81. The van der Waals surface area contributed by atoms with Crippen molar-refractivity contribution in [3.05, 3.63) is 0 Å². The Kier molecular flexibility index (Phi) is 5.46. The monoisotopic (exact) mass is 254 g/mol. The molecule has 1 saturated carbocycles. The highest BCUT2D eigenvalue weighted by molar-refractivity contribution is 4.84. The molecule has 2 N–H and O–H groups in total. The summed E-state index contributed by atoms with van der Waals surface area (Å²) in [4.78, 5) is 2.43. The summed E-state index contributed by atoms with van der Waals surface area (Å²) in [5.41, 5.74) is -0.398. The lowest BCUT2D eigenvalue weighted by Crippen LogP contribution is -2.42. The molecule has 0 bridgehead atoms. The zero-order valence-electron chi connectivity index (χ0n) is 12.0. The summed E-state index contributed by atoms with van der Waals surface area (Å²) >= 11 is 0. The number of nitrogens with one attached hydrogen (secondary N) is 1. The number of hydrogen-bond acceptors (Lipinski definition) is 3. The second-order valence-electron chi connectivity index (χ2n) is 6.50. The molecule has 0 aromatic heterocycles. The minimum absolute atomic E-state index is 0.398. The van der Waals surface area contributed by atoms with Crippen LogP contribution in [0.15, 0.2) is 0 Å². The molecule has 18 heavy (non-hydrogen) atoms. The van der Waals surface area contributed by atoms with Gasteiger partial charge in [-0.15, -0.1) is 0 Å². The number of hydrogen-bond donors (Lipinski definition) is 2. The third kappa shape index (κ3) is 4.52. The van der Waals surface area contributed by atoms with Crippen LogP contribution in [0, 0.1) is 5.92 Å². The fourth-order valence-corrected chi connectivity index (χ4v) is 3.36. The van der Waals surface area contributed by atoms with Crippen molar-refractivity contribution in [1.82, 2.24) is 10.2 Å². The predicted molar refractivity (Wildman–Crippen MR) is 75.7 cm³/mol. The molecular weight excluding hydrogens is 224 g/mol. The maximum absolute atomic E-state index is 10.4. The van der Waals surface area contributed by atoms with Crippen LogP contribution < -0.4 is 5.32 Å². The van der Waals surface area contributed by atoms with Crippen LogP contribution >= 0.6 is 0 Å². The molecule has 0 atom stereocenters. The first-order valence-electron chi connectivity index (χ1n) is 7.80. The number of aliphatic hydroxyl groups is 1. The average molecular weight is 254 g/mol. The maximum atomic E-state index is 10.4. The van der Waals surface area contributed by atoms with E-state index in [2.05, 4.69) is 17.3 Å². The van der Waals surface area contributed by atoms with Crippen LogP contribution in [0.3, 0.4) is 0 Å². The minimum atomic E-state index is -0.398. The molecule has 1 heterocycles. The van der Waals surface area contributed by atoms with Gasteiger partial charge in [0.1, 0.15) is 0 Å². The Morgan fingerprint density at radius 3 is 2.50 bits per heavy atom. The first-order chi connectivity index (χ1) is 8.68. The van der Waals surface area contributed by atoms with Crippen molar-refractivity contribution in [3.8, 4) is 0 Å². The van der Waals surface area contributed by atoms with Gasteiger partial charge in [-0.05, 0) is 64.7 Å². The van der Waals surface area contributed by atoms with Crippen molar-refractivity contribution in [2.75, 3.05) is 33.2 Å². The highest BCUT2D eigenvalue weighted by atomic mass is 16.3. The van der Waals surface area contributed by atoms with E-state index in [0.717, 1.165) is 31.8 Å². The van der Waals surface area contributed by atoms with Crippen LogP contribution in [-0.2, 0) is 0 Å². The highest BCUT2D eigenvalue weighted by Crippen LogP contribution is 2.27. The van der Waals surface area contributed by atoms with Crippen LogP contribution in [0.25, 0.3) is 0 Å². The van der Waals surface area contributed by atoms with E-state index in [0.29, 0.717) is 0 Å². The summed E-state index contributed by atoms with van der Waals surface area (Å²) in [7, 11) is 2.22. The molecule has 0 aromatic carbocycles. The molecule has 2 aliphatic rings. The minimum Gasteiger partial charge on any atom is -0.389 e. The Morgan fingerprint density at radius 2 is 1.83 bits per heavy atom. The van der Waals surface area contributed by atoms with Gasteiger partial charge in [-0.3, -0.25) is 0 Å². The van der Waals surface area contributed by atoms with E-state index in [1.807, 2.05) is 0 Å². The molecule has 1 aliphatic carbocycles. The van der Waals surface area contributed by atoms with Gasteiger partial charge in [0.05, 0.1) is 5.60 Å². The molecule has 0 radical (unpaired) electrons. The van der Waals surface area contributed by atoms with Gasteiger partial charge < -0.3 is 15.3 Å². The van der Waals surface area contributed by atoms with E-state index >= 15 is 0 Å². The summed E-state index contributed by atoms with van der Waals surface area (Å²) in [6, 6.07) is 0. The fourth-order valence-electron chi connectivity index (χ4n) is 3.36. The molecule has 0 amide bonds. The zero-order chi connectivity index (χ0) is 12.8. The quantitative estimate of drug-likeness (QED) is 0.737. The molecule has 3 nitrogen and oxygen atoms in total. The average Bonchev–Trinajstić information content (AvgIpc) is 2.38. The maximum Gasteiger partial charge on any atom is 0.0771 e. The molecule has 0 aromatic rings. The number of rotatable bonds is 5. The van der Waals surface area contributed by atoms with Gasteiger partial charge >= 0.3 is 0 Å². The van der Waals surface area contributed by atoms with E-state index < -0.39 is 5.60 Å². The highest BCUT2D eigenvalue weighted by Gasteiger charge is 2.28. The normalized spacial score (nSPS) is 26.3. The van der Waals surface area contributed by atoms with Crippen molar-refractivity contribution in [3.63, 3.8) is 0 Å². The lowest BCUT2D eigenvalue weighted by atomic mass is 9.85. The van der Waals surface area contributed by atoms with Gasteiger partial charge in [0.25, 0.3) is 0 Å². The molecule has 1 saturated heterocycles. The van der Waals surface area contributed by atoms with E-state index in [4.69, 9.17) is 0 Å². The van der Waals surface area contributed by atoms with Crippen LogP contribution in [-0.4, -0.2) is 48.8 Å². The Bertz CT molecular complexity index is 231. The predicted octanol–water partition coefficient (Wildman–Crippen LogP) is 2.00. The van der Waals surface area contributed by atoms with Crippen LogP contribution in [0.1, 0.15) is 51.4 Å². The lowest BCUT2D eigenvalue weighted by molar-refractivity contribution is 0.00471. The molecular formula is C15H30N2O. The molecule has 1 aliphatic heterocycles. The Hall–Kier alpha value is -0.120. The van der Waals surface area contributed by atoms with Crippen LogP contribution in [0.4, 0.5) is 0 Å². The van der Waals surface area contributed by atoms with Crippen molar-refractivity contribution >= 4 is 0 Å². The van der Waals surface area contributed by atoms with Gasteiger partial charge in [-0.1, -0.05) is 19.3 Å². The summed E-state index contributed by atoms with van der Waals surface area (Å²) in [6.07, 6.45) is 9.68. The van der Waals surface area contributed by atoms with Gasteiger partial charge in [0.15, 0.2) is 0 Å². The SMILES string of the molecule is CN1CCC(CCNCC2(O)CCCCC2)CC1. The van der Waals surface area contributed by atoms with Gasteiger partial charge in [0, 0.05) is 6.54 Å². The van der Waals surface area contributed by atoms with Crippen molar-refractivity contribution in [2.24, 2.45) is 5.92 Å².